The van der Waals surface area contributed by atoms with Gasteiger partial charge in [0.15, 0.2) is 0 Å². The van der Waals surface area contributed by atoms with E-state index >= 15 is 0 Å². The van der Waals surface area contributed by atoms with Gasteiger partial charge in [0.05, 0.1) is 19.3 Å². The monoisotopic (exact) mass is 284 g/mol. The minimum atomic E-state index is -0.583. The highest BCUT2D eigenvalue weighted by molar-refractivity contribution is 5.05. The van der Waals surface area contributed by atoms with Crippen molar-refractivity contribution in [2.75, 3.05) is 52.5 Å². The fourth-order valence-electron chi connectivity index (χ4n) is 2.21. The van der Waals surface area contributed by atoms with Gasteiger partial charge in [-0.15, -0.1) is 6.42 Å². The molecule has 0 aromatic carbocycles. The molecule has 1 fully saturated rings. The van der Waals surface area contributed by atoms with Crippen LogP contribution in [0.5, 0.6) is 0 Å². The first-order valence-electron chi connectivity index (χ1n) is 7.38. The van der Waals surface area contributed by atoms with Gasteiger partial charge in [-0.3, -0.25) is 9.80 Å². The minimum absolute atomic E-state index is 0.207. The normalized spacial score (nSPS) is 22.1. The quantitative estimate of drug-likeness (QED) is 0.603. The number of hydrogen-bond donors (Lipinski definition) is 2. The molecule has 0 saturated carbocycles. The minimum Gasteiger partial charge on any atom is -0.395 e. The molecule has 116 valence electrons. The highest BCUT2D eigenvalue weighted by Crippen LogP contribution is 2.14. The average molecular weight is 284 g/mol. The second kappa shape index (κ2) is 8.60. The fourth-order valence-corrected chi connectivity index (χ4v) is 2.21. The molecule has 0 spiro atoms. The van der Waals surface area contributed by atoms with Crippen LogP contribution in [0.2, 0.25) is 0 Å². The van der Waals surface area contributed by atoms with Crippen LogP contribution in [0.4, 0.5) is 0 Å². The maximum Gasteiger partial charge on any atom is 0.125 e. The lowest BCUT2D eigenvalue weighted by Gasteiger charge is -2.35. The Bertz CT molecular complexity index is 311. The fraction of sp³-hybridized carbons (Fsp3) is 0.867. The van der Waals surface area contributed by atoms with Crippen molar-refractivity contribution >= 4 is 0 Å². The van der Waals surface area contributed by atoms with E-state index in [0.717, 1.165) is 39.1 Å². The Balaban J connectivity index is 2.24. The van der Waals surface area contributed by atoms with Crippen LogP contribution < -0.4 is 0 Å². The van der Waals surface area contributed by atoms with E-state index in [2.05, 4.69) is 15.7 Å². The van der Waals surface area contributed by atoms with Gasteiger partial charge < -0.3 is 14.9 Å². The van der Waals surface area contributed by atoms with Gasteiger partial charge in [0, 0.05) is 39.3 Å². The number of nitrogens with zero attached hydrogens (tertiary/aromatic N) is 2. The molecule has 0 bridgehead atoms. The molecule has 5 heteroatoms. The summed E-state index contributed by atoms with van der Waals surface area (Å²) >= 11 is 0. The molecule has 1 aliphatic heterocycles. The number of aliphatic hydroxyl groups excluding tert-OH is 2. The van der Waals surface area contributed by atoms with E-state index in [1.165, 1.54) is 0 Å². The van der Waals surface area contributed by atoms with Crippen LogP contribution >= 0.6 is 0 Å². The standard InChI is InChI=1S/C15H28N2O3/c1-4-15(3,5-2)20-13-14(19)12-17-8-6-16(7-9-17)10-11-18/h1,14,18-19H,5-13H2,2-3H3/t14-,15-/m1/s1. The molecule has 1 heterocycles. The van der Waals surface area contributed by atoms with Gasteiger partial charge in [0.1, 0.15) is 5.60 Å². The molecule has 0 unspecified atom stereocenters. The molecule has 1 rings (SSSR count). The molecule has 0 aromatic rings. The lowest BCUT2D eigenvalue weighted by Crippen LogP contribution is -2.49. The van der Waals surface area contributed by atoms with Gasteiger partial charge in [-0.25, -0.2) is 0 Å². The van der Waals surface area contributed by atoms with E-state index in [1.54, 1.807) is 0 Å². The first kappa shape index (κ1) is 17.4. The van der Waals surface area contributed by atoms with Crippen LogP contribution in [0.1, 0.15) is 20.3 Å². The van der Waals surface area contributed by atoms with Crippen LogP contribution in [0.15, 0.2) is 0 Å². The highest BCUT2D eigenvalue weighted by atomic mass is 16.5. The molecule has 2 atom stereocenters. The summed E-state index contributed by atoms with van der Waals surface area (Å²) in [6.07, 6.45) is 5.66. The summed E-state index contributed by atoms with van der Waals surface area (Å²) < 4.78 is 5.63. The summed E-state index contributed by atoms with van der Waals surface area (Å²) in [6.45, 7) is 9.36. The number of piperazine rings is 1. The summed E-state index contributed by atoms with van der Waals surface area (Å²) in [5.41, 5.74) is -0.583. The summed E-state index contributed by atoms with van der Waals surface area (Å²) in [4.78, 5) is 4.45. The van der Waals surface area contributed by atoms with Crippen molar-refractivity contribution in [3.8, 4) is 12.3 Å². The summed E-state index contributed by atoms with van der Waals surface area (Å²) in [7, 11) is 0. The Morgan fingerprint density at radius 3 is 2.40 bits per heavy atom. The zero-order valence-electron chi connectivity index (χ0n) is 12.7. The van der Waals surface area contributed by atoms with E-state index in [-0.39, 0.29) is 13.2 Å². The molecule has 0 aliphatic carbocycles. The number of β-amino-alcohol motifs (C(OH)–C–C–N with tert-alkyl or cyclic N) is 2. The molecule has 2 N–H and O–H groups in total. The van der Waals surface area contributed by atoms with Crippen LogP contribution in [0.3, 0.4) is 0 Å². The summed E-state index contributed by atoms with van der Waals surface area (Å²) in [5.74, 6) is 2.63. The van der Waals surface area contributed by atoms with Crippen molar-refractivity contribution in [1.29, 1.82) is 0 Å². The Labute approximate surface area is 122 Å². The lowest BCUT2D eigenvalue weighted by molar-refractivity contribution is -0.0501. The maximum atomic E-state index is 10.0. The molecule has 1 saturated heterocycles. The van der Waals surface area contributed by atoms with Gasteiger partial charge in [0.25, 0.3) is 0 Å². The maximum absolute atomic E-state index is 10.0. The molecule has 0 aromatic heterocycles. The number of aliphatic hydroxyl groups is 2. The Hall–Kier alpha value is -0.640. The van der Waals surface area contributed by atoms with Gasteiger partial charge in [-0.05, 0) is 13.3 Å². The second-order valence-corrected chi connectivity index (χ2v) is 5.56. The first-order valence-corrected chi connectivity index (χ1v) is 7.38. The SMILES string of the molecule is C#C[C@](C)(CC)OC[C@H](O)CN1CCN(CCO)CC1. The Morgan fingerprint density at radius 1 is 1.30 bits per heavy atom. The number of ether oxygens (including phenoxy) is 1. The largest absolute Gasteiger partial charge is 0.395 e. The van der Waals surface area contributed by atoms with E-state index in [4.69, 9.17) is 16.3 Å². The molecular formula is C15H28N2O3. The third-order valence-corrected chi connectivity index (χ3v) is 3.92. The van der Waals surface area contributed by atoms with E-state index < -0.39 is 11.7 Å². The van der Waals surface area contributed by atoms with Crippen LogP contribution in [-0.2, 0) is 4.74 Å². The van der Waals surface area contributed by atoms with Crippen molar-refractivity contribution in [2.45, 2.75) is 32.0 Å². The third-order valence-electron chi connectivity index (χ3n) is 3.92. The number of terminal acetylenes is 1. The smallest absolute Gasteiger partial charge is 0.125 e. The van der Waals surface area contributed by atoms with Crippen molar-refractivity contribution < 1.29 is 14.9 Å². The predicted molar refractivity (Wildman–Crippen MR) is 79.5 cm³/mol. The number of hydrogen-bond acceptors (Lipinski definition) is 5. The summed E-state index contributed by atoms with van der Waals surface area (Å²) in [6, 6.07) is 0. The lowest BCUT2D eigenvalue weighted by atomic mass is 10.1. The topological polar surface area (TPSA) is 56.2 Å². The molecule has 0 radical (unpaired) electrons. The van der Waals surface area contributed by atoms with Crippen molar-refractivity contribution in [2.24, 2.45) is 0 Å². The van der Waals surface area contributed by atoms with Crippen molar-refractivity contribution in [3.63, 3.8) is 0 Å². The van der Waals surface area contributed by atoms with Crippen molar-refractivity contribution in [3.05, 3.63) is 0 Å². The average Bonchev–Trinajstić information content (AvgIpc) is 2.47. The third kappa shape index (κ3) is 5.78. The van der Waals surface area contributed by atoms with Gasteiger partial charge in [0.2, 0.25) is 0 Å². The van der Waals surface area contributed by atoms with Crippen LogP contribution in [-0.4, -0.2) is 84.2 Å². The van der Waals surface area contributed by atoms with Crippen LogP contribution in [0, 0.1) is 12.3 Å². The Kier molecular flexibility index (Phi) is 7.49. The zero-order chi connectivity index (χ0) is 15.0. The molecule has 0 amide bonds. The first-order chi connectivity index (χ1) is 9.53. The predicted octanol–water partition coefficient (Wildman–Crippen LogP) is -0.224. The van der Waals surface area contributed by atoms with Crippen molar-refractivity contribution in [1.82, 2.24) is 9.80 Å². The van der Waals surface area contributed by atoms with E-state index in [0.29, 0.717) is 6.54 Å². The second-order valence-electron chi connectivity index (χ2n) is 5.56. The Morgan fingerprint density at radius 2 is 1.90 bits per heavy atom. The van der Waals surface area contributed by atoms with Crippen LogP contribution in [0.25, 0.3) is 0 Å². The molecule has 5 nitrogen and oxygen atoms in total. The van der Waals surface area contributed by atoms with Gasteiger partial charge in [-0.2, -0.15) is 0 Å². The van der Waals surface area contributed by atoms with Gasteiger partial charge in [-0.1, -0.05) is 12.8 Å². The molecule has 20 heavy (non-hydrogen) atoms. The van der Waals surface area contributed by atoms with E-state index in [1.807, 2.05) is 13.8 Å². The number of rotatable bonds is 8. The highest BCUT2D eigenvalue weighted by Gasteiger charge is 2.23. The molecule has 1 aliphatic rings. The zero-order valence-corrected chi connectivity index (χ0v) is 12.7. The summed E-state index contributed by atoms with van der Waals surface area (Å²) in [5, 5.41) is 18.9. The molecular weight excluding hydrogens is 256 g/mol. The van der Waals surface area contributed by atoms with Gasteiger partial charge >= 0.3 is 0 Å². The van der Waals surface area contributed by atoms with E-state index in [9.17, 15) is 5.11 Å².